The number of carbonyl (C=O) groups is 4. The molecule has 3 N–H and O–H groups in total. The van der Waals surface area contributed by atoms with Crippen LogP contribution >= 0.6 is 11.8 Å². The molecule has 0 aliphatic heterocycles. The van der Waals surface area contributed by atoms with Gasteiger partial charge in [-0.2, -0.15) is 11.8 Å². The maximum atomic E-state index is 13.7. The van der Waals surface area contributed by atoms with Crippen LogP contribution in [0.5, 0.6) is 0 Å². The molecule has 35 heavy (non-hydrogen) atoms. The highest BCUT2D eigenvalue weighted by Crippen LogP contribution is 2.24. The van der Waals surface area contributed by atoms with E-state index < -0.39 is 48.2 Å². The van der Waals surface area contributed by atoms with E-state index in [1.807, 2.05) is 19.2 Å². The minimum absolute atomic E-state index is 0.172. The number of nitrogens with zero attached hydrogens (tertiary/aromatic N) is 1. The number of aryl methyl sites for hydroxylation is 1. The number of aliphatic hydroxyl groups excluding tert-OH is 1. The van der Waals surface area contributed by atoms with E-state index in [9.17, 15) is 24.3 Å². The van der Waals surface area contributed by atoms with E-state index in [1.54, 1.807) is 39.0 Å². The van der Waals surface area contributed by atoms with Crippen LogP contribution in [-0.2, 0) is 23.9 Å². The zero-order chi connectivity index (χ0) is 26.6. The number of thioether (sulfide) groups is 1. The first-order chi connectivity index (χ1) is 16.4. The second-order valence-electron chi connectivity index (χ2n) is 8.85. The number of alkyl carbamates (subject to hydrolysis) is 1. The lowest BCUT2D eigenvalue weighted by Crippen LogP contribution is -2.54. The van der Waals surface area contributed by atoms with E-state index in [-0.39, 0.29) is 19.5 Å². The molecule has 0 bridgehead atoms. The molecule has 0 aliphatic rings. The maximum Gasteiger partial charge on any atom is 0.408 e. The van der Waals surface area contributed by atoms with Gasteiger partial charge in [0, 0.05) is 6.54 Å². The van der Waals surface area contributed by atoms with Crippen molar-refractivity contribution in [2.75, 3.05) is 38.8 Å². The Balaban J connectivity index is 3.37. The number of ether oxygens (including phenoxy) is 2. The molecule has 0 aromatic heterocycles. The van der Waals surface area contributed by atoms with Crippen molar-refractivity contribution in [1.29, 1.82) is 0 Å². The zero-order valence-corrected chi connectivity index (χ0v) is 22.1. The third kappa shape index (κ3) is 10.6. The minimum Gasteiger partial charge on any atom is -0.468 e. The van der Waals surface area contributed by atoms with Crippen LogP contribution in [0.4, 0.5) is 4.79 Å². The molecule has 3 amide bonds. The minimum atomic E-state index is -1.16. The van der Waals surface area contributed by atoms with E-state index in [0.717, 1.165) is 5.56 Å². The molecule has 1 rings (SSSR count). The lowest BCUT2D eigenvalue weighted by molar-refractivity contribution is -0.145. The number of hydrogen-bond acceptors (Lipinski definition) is 8. The molecule has 0 aliphatic carbocycles. The molecule has 2 unspecified atom stereocenters. The highest BCUT2D eigenvalue weighted by Gasteiger charge is 2.36. The van der Waals surface area contributed by atoms with E-state index in [4.69, 9.17) is 4.74 Å². The van der Waals surface area contributed by atoms with Crippen molar-refractivity contribution in [2.45, 2.75) is 51.8 Å². The van der Waals surface area contributed by atoms with Crippen LogP contribution in [0.1, 0.15) is 44.4 Å². The van der Waals surface area contributed by atoms with Gasteiger partial charge in [-0.05, 0) is 51.7 Å². The normalized spacial score (nSPS) is 12.8. The number of esters is 1. The average Bonchev–Trinajstić information content (AvgIpc) is 2.78. The van der Waals surface area contributed by atoms with Crippen molar-refractivity contribution in [1.82, 2.24) is 15.5 Å². The number of amides is 3. The summed E-state index contributed by atoms with van der Waals surface area (Å²) in [6.07, 6.45) is 1.39. The molecule has 0 spiro atoms. The number of hydrogen-bond donors (Lipinski definition) is 3. The molecule has 0 saturated heterocycles. The zero-order valence-electron chi connectivity index (χ0n) is 21.3. The van der Waals surface area contributed by atoms with Gasteiger partial charge in [0.15, 0.2) is 0 Å². The van der Waals surface area contributed by atoms with Crippen LogP contribution in [-0.4, -0.2) is 84.3 Å². The molecule has 2 atom stereocenters. The van der Waals surface area contributed by atoms with E-state index in [0.29, 0.717) is 11.3 Å². The SMILES string of the molecule is COC(=O)CNC(=O)C(c1cccc(C)c1)N(CCO)C(=O)C(CCSC)NC(=O)OC(C)(C)C. The summed E-state index contributed by atoms with van der Waals surface area (Å²) in [6, 6.07) is 4.87. The Bertz CT molecular complexity index is 873. The largest absolute Gasteiger partial charge is 0.468 e. The van der Waals surface area contributed by atoms with Crippen molar-refractivity contribution >= 4 is 35.6 Å². The molecular formula is C24H37N3O7S. The molecule has 0 radical (unpaired) electrons. The van der Waals surface area contributed by atoms with E-state index >= 15 is 0 Å². The van der Waals surface area contributed by atoms with Gasteiger partial charge in [-0.25, -0.2) is 4.79 Å². The summed E-state index contributed by atoms with van der Waals surface area (Å²) in [5.41, 5.74) is 0.588. The van der Waals surface area contributed by atoms with Gasteiger partial charge >= 0.3 is 12.1 Å². The van der Waals surface area contributed by atoms with Gasteiger partial charge in [-0.1, -0.05) is 29.8 Å². The molecule has 1 aromatic carbocycles. The Labute approximate surface area is 211 Å². The van der Waals surface area contributed by atoms with Gasteiger partial charge in [-0.3, -0.25) is 14.4 Å². The molecule has 11 heteroatoms. The maximum absolute atomic E-state index is 13.7. The average molecular weight is 512 g/mol. The second-order valence-corrected chi connectivity index (χ2v) is 9.83. The lowest BCUT2D eigenvalue weighted by Gasteiger charge is -2.34. The molecule has 10 nitrogen and oxygen atoms in total. The summed E-state index contributed by atoms with van der Waals surface area (Å²) in [5.74, 6) is -1.27. The number of benzene rings is 1. The first-order valence-corrected chi connectivity index (χ1v) is 12.6. The second kappa shape index (κ2) is 14.6. The van der Waals surface area contributed by atoms with Gasteiger partial charge in [0.2, 0.25) is 11.8 Å². The fraction of sp³-hybridized carbons (Fsp3) is 0.583. The molecule has 1 aromatic rings. The first-order valence-electron chi connectivity index (χ1n) is 11.2. The Morgan fingerprint density at radius 2 is 1.89 bits per heavy atom. The fourth-order valence-electron chi connectivity index (χ4n) is 3.26. The van der Waals surface area contributed by atoms with Crippen molar-refractivity contribution in [3.05, 3.63) is 35.4 Å². The molecule has 196 valence electrons. The molecule has 0 heterocycles. The third-order valence-corrected chi connectivity index (χ3v) is 5.42. The van der Waals surface area contributed by atoms with Gasteiger partial charge in [0.05, 0.1) is 13.7 Å². The Hall–Kier alpha value is -2.79. The number of nitrogens with one attached hydrogen (secondary N) is 2. The highest BCUT2D eigenvalue weighted by molar-refractivity contribution is 7.98. The number of carbonyl (C=O) groups excluding carboxylic acids is 4. The van der Waals surface area contributed by atoms with Gasteiger partial charge in [-0.15, -0.1) is 0 Å². The summed E-state index contributed by atoms with van der Waals surface area (Å²) >= 11 is 1.50. The van der Waals surface area contributed by atoms with Crippen LogP contribution in [0.15, 0.2) is 24.3 Å². The van der Waals surface area contributed by atoms with Crippen molar-refractivity contribution in [3.8, 4) is 0 Å². The predicted molar refractivity (Wildman–Crippen MR) is 134 cm³/mol. The van der Waals surface area contributed by atoms with Crippen LogP contribution in [0.25, 0.3) is 0 Å². The topological polar surface area (TPSA) is 134 Å². The van der Waals surface area contributed by atoms with E-state index in [2.05, 4.69) is 15.4 Å². The van der Waals surface area contributed by atoms with Gasteiger partial charge in [0.25, 0.3) is 0 Å². The quantitative estimate of drug-likeness (QED) is 0.362. The highest BCUT2D eigenvalue weighted by atomic mass is 32.2. The standard InChI is InChI=1S/C24H37N3O7S/c1-16-8-7-9-17(14-16)20(21(30)25-15-19(29)33-5)27(11-12-28)22(31)18(10-13-35-6)26-23(32)34-24(2,3)4/h7-9,14,18,20,28H,10-13,15H2,1-6H3,(H,25,30)(H,26,32). The van der Waals surface area contributed by atoms with Gasteiger partial charge < -0.3 is 30.1 Å². The van der Waals surface area contributed by atoms with Crippen molar-refractivity contribution in [3.63, 3.8) is 0 Å². The summed E-state index contributed by atoms with van der Waals surface area (Å²) in [4.78, 5) is 52.2. The lowest BCUT2D eigenvalue weighted by atomic mass is 10.0. The van der Waals surface area contributed by atoms with Crippen molar-refractivity contribution < 1.29 is 33.8 Å². The van der Waals surface area contributed by atoms with Gasteiger partial charge in [0.1, 0.15) is 24.2 Å². The molecule has 0 fully saturated rings. The molecular weight excluding hydrogens is 474 g/mol. The van der Waals surface area contributed by atoms with Crippen LogP contribution in [0, 0.1) is 6.92 Å². The monoisotopic (exact) mass is 511 g/mol. The third-order valence-electron chi connectivity index (χ3n) is 4.78. The Kier molecular flexibility index (Phi) is 12.6. The smallest absolute Gasteiger partial charge is 0.408 e. The Morgan fingerprint density at radius 3 is 2.43 bits per heavy atom. The summed E-state index contributed by atoms with van der Waals surface area (Å²) in [7, 11) is 1.20. The van der Waals surface area contributed by atoms with Crippen LogP contribution < -0.4 is 10.6 Å². The summed E-state index contributed by atoms with van der Waals surface area (Å²) < 4.78 is 9.90. The first kappa shape index (κ1) is 30.2. The molecule has 0 saturated carbocycles. The van der Waals surface area contributed by atoms with Crippen molar-refractivity contribution in [2.24, 2.45) is 0 Å². The predicted octanol–water partition coefficient (Wildman–Crippen LogP) is 1.79. The number of aliphatic hydroxyl groups is 1. The fourth-order valence-corrected chi connectivity index (χ4v) is 3.73. The summed E-state index contributed by atoms with van der Waals surface area (Å²) in [5, 5.41) is 14.9. The van der Waals surface area contributed by atoms with Crippen LogP contribution in [0.3, 0.4) is 0 Å². The Morgan fingerprint density at radius 1 is 1.20 bits per heavy atom. The van der Waals surface area contributed by atoms with E-state index in [1.165, 1.54) is 23.8 Å². The number of rotatable bonds is 12. The summed E-state index contributed by atoms with van der Waals surface area (Å²) in [6.45, 7) is 6.00. The number of methoxy groups -OCH3 is 1. The van der Waals surface area contributed by atoms with Crippen LogP contribution in [0.2, 0.25) is 0 Å².